The van der Waals surface area contributed by atoms with Crippen LogP contribution >= 0.6 is 0 Å². The highest BCUT2D eigenvalue weighted by molar-refractivity contribution is 5.05. The molecule has 6 bridgehead atoms. The second kappa shape index (κ2) is 6.98. The topological polar surface area (TPSA) is 80.6 Å². The Kier molecular flexibility index (Phi) is 4.78. The number of nitrogens with one attached hydrogen (secondary N) is 3. The molecule has 3 unspecified atom stereocenters. The second-order valence-electron chi connectivity index (χ2n) is 10.2. The van der Waals surface area contributed by atoms with E-state index in [2.05, 4.69) is 23.5 Å². The van der Waals surface area contributed by atoms with Crippen molar-refractivity contribution in [3.63, 3.8) is 0 Å². The van der Waals surface area contributed by atoms with Crippen LogP contribution in [0.15, 0.2) is 0 Å². The average Bonchev–Trinajstić information content (AvgIpc) is 2.58. The van der Waals surface area contributed by atoms with Gasteiger partial charge in [0.25, 0.3) is 0 Å². The number of rotatable bonds is 6. The van der Waals surface area contributed by atoms with E-state index in [0.29, 0.717) is 24.0 Å². The van der Waals surface area contributed by atoms with Crippen molar-refractivity contribution in [3.05, 3.63) is 0 Å². The summed E-state index contributed by atoms with van der Waals surface area (Å²) >= 11 is 0. The molecule has 6 nitrogen and oxygen atoms in total. The van der Waals surface area contributed by atoms with Crippen molar-refractivity contribution >= 4 is 0 Å². The zero-order valence-corrected chi connectivity index (χ0v) is 16.1. The molecule has 6 fully saturated rings. The third-order valence-corrected chi connectivity index (χ3v) is 8.43. The zero-order valence-electron chi connectivity index (χ0n) is 16.1. The lowest BCUT2D eigenvalue weighted by Gasteiger charge is -2.57. The number of hydrazine groups is 2. The molecule has 0 spiro atoms. The minimum absolute atomic E-state index is 0.0746. The highest BCUT2D eigenvalue weighted by Crippen LogP contribution is 2.54. The lowest BCUT2D eigenvalue weighted by molar-refractivity contribution is -0.198. The summed E-state index contributed by atoms with van der Waals surface area (Å²) < 4.78 is 0. The van der Waals surface area contributed by atoms with Gasteiger partial charge >= 0.3 is 0 Å². The molecule has 26 heavy (non-hydrogen) atoms. The molecular formula is C20H36N4O2. The van der Waals surface area contributed by atoms with Gasteiger partial charge in [-0.25, -0.2) is 11.3 Å². The summed E-state index contributed by atoms with van der Waals surface area (Å²) in [6, 6.07) is 0.547. The summed E-state index contributed by atoms with van der Waals surface area (Å²) in [5.74, 6) is 9.91. The van der Waals surface area contributed by atoms with Gasteiger partial charge in [-0.1, -0.05) is 19.8 Å². The highest BCUT2D eigenvalue weighted by Gasteiger charge is 2.54. The van der Waals surface area contributed by atoms with E-state index in [1.54, 1.807) is 0 Å². The van der Waals surface area contributed by atoms with Crippen LogP contribution in [-0.2, 0) is 9.68 Å². The van der Waals surface area contributed by atoms with E-state index in [1.165, 1.54) is 64.2 Å². The first kappa shape index (κ1) is 17.8. The lowest BCUT2D eigenvalue weighted by Crippen LogP contribution is -2.63. The first-order valence-electron chi connectivity index (χ1n) is 11.0. The van der Waals surface area contributed by atoms with Crippen LogP contribution in [0.5, 0.6) is 0 Å². The van der Waals surface area contributed by atoms with E-state index in [-0.39, 0.29) is 5.60 Å². The lowest BCUT2D eigenvalue weighted by atomic mass is 9.53. The molecule has 3 atom stereocenters. The molecular weight excluding hydrogens is 328 g/mol. The van der Waals surface area contributed by atoms with Crippen LogP contribution in [0.25, 0.3) is 0 Å². The second-order valence-corrected chi connectivity index (χ2v) is 10.2. The minimum Gasteiger partial charge on any atom is -0.283 e. The van der Waals surface area contributed by atoms with Crippen molar-refractivity contribution < 1.29 is 9.68 Å². The maximum Gasteiger partial charge on any atom is 0.0918 e. The van der Waals surface area contributed by atoms with Gasteiger partial charge in [0.15, 0.2) is 0 Å². The smallest absolute Gasteiger partial charge is 0.0918 e. The molecule has 5 N–H and O–H groups in total. The maximum absolute atomic E-state index is 6.37. The molecule has 0 aromatic carbocycles. The Balaban J connectivity index is 1.16. The third-order valence-electron chi connectivity index (χ3n) is 8.43. The Bertz CT molecular complexity index is 484. The number of hydrogen-bond donors (Lipinski definition) is 4. The van der Waals surface area contributed by atoms with E-state index >= 15 is 0 Å². The van der Waals surface area contributed by atoms with Crippen molar-refractivity contribution in [3.8, 4) is 0 Å². The van der Waals surface area contributed by atoms with Crippen LogP contribution in [0, 0.1) is 35.5 Å². The van der Waals surface area contributed by atoms with Gasteiger partial charge in [-0.15, -0.1) is 11.2 Å². The van der Waals surface area contributed by atoms with Crippen molar-refractivity contribution in [1.82, 2.24) is 16.6 Å². The number of nitrogens with two attached hydrogens (primary N) is 1. The van der Waals surface area contributed by atoms with Gasteiger partial charge in [0.2, 0.25) is 0 Å². The fourth-order valence-electron chi connectivity index (χ4n) is 7.80. The third kappa shape index (κ3) is 3.12. The van der Waals surface area contributed by atoms with E-state index < -0.39 is 0 Å². The highest BCUT2D eigenvalue weighted by atomic mass is 16.7. The van der Waals surface area contributed by atoms with Crippen molar-refractivity contribution in [1.29, 1.82) is 0 Å². The van der Waals surface area contributed by atoms with E-state index in [0.717, 1.165) is 23.7 Å². The quantitative estimate of drug-likeness (QED) is 0.428. The van der Waals surface area contributed by atoms with Crippen LogP contribution in [0.1, 0.15) is 71.1 Å². The zero-order chi connectivity index (χ0) is 17.7. The van der Waals surface area contributed by atoms with Crippen LogP contribution in [0.3, 0.4) is 0 Å². The van der Waals surface area contributed by atoms with Crippen LogP contribution in [0.2, 0.25) is 0 Å². The van der Waals surface area contributed by atoms with Gasteiger partial charge in [-0.3, -0.25) is 9.68 Å². The molecule has 0 aromatic rings. The molecule has 0 amide bonds. The normalized spacial score (nSPS) is 52.4. The summed E-state index contributed by atoms with van der Waals surface area (Å²) in [6.45, 7) is 2.40. The van der Waals surface area contributed by atoms with Gasteiger partial charge in [0, 0.05) is 6.04 Å². The maximum atomic E-state index is 6.37. The predicted octanol–water partition coefficient (Wildman–Crippen LogP) is 2.57. The predicted molar refractivity (Wildman–Crippen MR) is 98.9 cm³/mol. The van der Waals surface area contributed by atoms with Crippen LogP contribution < -0.4 is 22.4 Å². The summed E-state index contributed by atoms with van der Waals surface area (Å²) in [5, 5.41) is 0. The molecule has 6 saturated carbocycles. The van der Waals surface area contributed by atoms with Crippen LogP contribution in [-0.4, -0.2) is 17.7 Å². The fraction of sp³-hybridized carbons (Fsp3) is 1.00. The summed E-state index contributed by atoms with van der Waals surface area (Å²) in [6.07, 6.45) is 13.1. The summed E-state index contributed by atoms with van der Waals surface area (Å²) in [4.78, 5) is 12.0. The summed E-state index contributed by atoms with van der Waals surface area (Å²) in [7, 11) is 0. The van der Waals surface area contributed by atoms with Crippen molar-refractivity contribution in [2.24, 2.45) is 41.4 Å². The SMILES string of the molecule is CC1CC2CCCC(ONNC3C4CC5CC3CC(C4)C5ONN)(C1)C2. The molecule has 6 heteroatoms. The molecule has 6 rings (SSSR count). The van der Waals surface area contributed by atoms with E-state index in [1.807, 2.05) is 0 Å². The van der Waals surface area contributed by atoms with Gasteiger partial charge in [0.05, 0.1) is 11.7 Å². The van der Waals surface area contributed by atoms with Gasteiger partial charge in [-0.05, 0) is 86.9 Å². The molecule has 148 valence electrons. The van der Waals surface area contributed by atoms with E-state index in [9.17, 15) is 0 Å². The van der Waals surface area contributed by atoms with Crippen molar-refractivity contribution in [2.75, 3.05) is 0 Å². The van der Waals surface area contributed by atoms with Crippen LogP contribution in [0.4, 0.5) is 0 Å². The molecule has 0 aliphatic heterocycles. The molecule has 6 aliphatic rings. The number of hydrogen-bond acceptors (Lipinski definition) is 6. The molecule has 6 aliphatic carbocycles. The summed E-state index contributed by atoms with van der Waals surface area (Å²) in [5.41, 5.74) is 9.42. The Labute approximate surface area is 157 Å². The van der Waals surface area contributed by atoms with E-state index in [4.69, 9.17) is 15.5 Å². The largest absolute Gasteiger partial charge is 0.283 e. The minimum atomic E-state index is 0.0746. The number of fused-ring (bicyclic) bond motifs is 2. The Morgan fingerprint density at radius 3 is 2.38 bits per heavy atom. The van der Waals surface area contributed by atoms with Gasteiger partial charge in [-0.2, -0.15) is 0 Å². The first-order chi connectivity index (χ1) is 12.7. The average molecular weight is 365 g/mol. The molecule has 0 saturated heterocycles. The monoisotopic (exact) mass is 364 g/mol. The Morgan fingerprint density at radius 2 is 1.69 bits per heavy atom. The molecule has 0 radical (unpaired) electrons. The Morgan fingerprint density at radius 1 is 0.962 bits per heavy atom. The first-order valence-corrected chi connectivity index (χ1v) is 11.0. The van der Waals surface area contributed by atoms with Gasteiger partial charge < -0.3 is 0 Å². The molecule has 0 aromatic heterocycles. The van der Waals surface area contributed by atoms with Gasteiger partial charge in [0.1, 0.15) is 0 Å². The fourth-order valence-corrected chi connectivity index (χ4v) is 7.80. The van der Waals surface area contributed by atoms with Crippen molar-refractivity contribution in [2.45, 2.75) is 88.9 Å². The Hall–Kier alpha value is -0.240. The molecule has 0 heterocycles. The standard InChI is InChI=1S/C20H36N4O2/c1-12-5-13-3-2-4-20(10-12,11-13)26-24-22-18-14-6-16-8-15(18)9-17(7-14)19(16)25-23-21/h12-19,22-24H,2-11,21H2,1H3.